The number of amides is 1. The molecule has 1 amide bonds. The molecule has 3 aliphatic rings. The van der Waals surface area contributed by atoms with Gasteiger partial charge in [-0.2, -0.15) is 49.6 Å². The molecule has 0 saturated carbocycles. The van der Waals surface area contributed by atoms with Crippen molar-refractivity contribution >= 4 is 12.4 Å². The Hall–Kier alpha value is -3.83. The van der Waals surface area contributed by atoms with Gasteiger partial charge >= 0.3 is 30.8 Å². The van der Waals surface area contributed by atoms with Gasteiger partial charge < -0.3 is 33.4 Å². The normalized spacial score (nSPS) is 16.3. The van der Waals surface area contributed by atoms with Gasteiger partial charge in [0.15, 0.2) is 23.0 Å². The van der Waals surface area contributed by atoms with E-state index in [0.29, 0.717) is 35.8 Å². The molecule has 1 fully saturated rings. The zero-order valence-corrected chi connectivity index (χ0v) is 24.5. The summed E-state index contributed by atoms with van der Waals surface area (Å²) in [5.41, 5.74) is 1.35. The third kappa shape index (κ3) is 7.05. The van der Waals surface area contributed by atoms with E-state index in [1.807, 2.05) is 66.7 Å². The minimum Gasteiger partial charge on any atom is -0.538 e. The Morgan fingerprint density at radius 2 is 1.42 bits per heavy atom. The van der Waals surface area contributed by atoms with Crippen LogP contribution < -0.4 is 18.9 Å². The maximum atomic E-state index is 12.8. The van der Waals surface area contributed by atoms with Gasteiger partial charge in [-0.05, 0) is 54.2 Å². The van der Waals surface area contributed by atoms with Gasteiger partial charge in [-0.3, -0.25) is 0 Å². The fourth-order valence-corrected chi connectivity index (χ4v) is 5.39. The van der Waals surface area contributed by atoms with Crippen molar-refractivity contribution in [3.8, 4) is 23.0 Å². The zero-order chi connectivity index (χ0) is 29.7. The summed E-state index contributed by atoms with van der Waals surface area (Å²) >= 11 is 0. The molecule has 3 heterocycles. The number of nitrogens with zero attached hydrogens (tertiary/aromatic N) is 1. The van der Waals surface area contributed by atoms with E-state index in [1.54, 1.807) is 0 Å². The van der Waals surface area contributed by atoms with E-state index in [4.69, 9.17) is 18.9 Å². The number of fused-ring (bicyclic) bond motifs is 2. The van der Waals surface area contributed by atoms with Crippen molar-refractivity contribution in [1.82, 2.24) is 4.90 Å². The maximum Gasteiger partial charge on any atom is 2.00 e. The number of halogens is 3. The van der Waals surface area contributed by atoms with E-state index in [2.05, 4.69) is 17.7 Å². The Bertz CT molecular complexity index is 1310. The van der Waals surface area contributed by atoms with E-state index in [0.717, 1.165) is 17.4 Å². The summed E-state index contributed by atoms with van der Waals surface area (Å²) in [5, 5.41) is 0. The van der Waals surface area contributed by atoms with Crippen LogP contribution in [0.3, 0.4) is 0 Å². The average molecular weight is 635 g/mol. The van der Waals surface area contributed by atoms with Gasteiger partial charge in [0.2, 0.25) is 13.6 Å². The van der Waals surface area contributed by atoms with Crippen molar-refractivity contribution in [1.29, 1.82) is 0 Å². The Balaban J connectivity index is 0.000000541. The Morgan fingerprint density at radius 1 is 0.907 bits per heavy atom. The fraction of sp³-hybridized carbons (Fsp3) is 0.355. The largest absolute Gasteiger partial charge is 2.00 e. The predicted octanol–water partition coefficient (Wildman–Crippen LogP) is 5.82. The van der Waals surface area contributed by atoms with E-state index in [9.17, 15) is 22.8 Å². The molecule has 0 bridgehead atoms. The van der Waals surface area contributed by atoms with E-state index in [-0.39, 0.29) is 51.1 Å². The van der Waals surface area contributed by atoms with Gasteiger partial charge in [-0.25, -0.2) is 11.1 Å². The van der Waals surface area contributed by atoms with Gasteiger partial charge in [-0.1, -0.05) is 19.1 Å². The molecule has 1 radical (unpaired) electrons. The van der Waals surface area contributed by atoms with Crippen LogP contribution in [0, 0.1) is 12.0 Å². The first-order valence-corrected chi connectivity index (χ1v) is 13.3. The second kappa shape index (κ2) is 13.6. The van der Waals surface area contributed by atoms with E-state index < -0.39 is 23.8 Å². The number of benzene rings is 3. The predicted molar refractivity (Wildman–Crippen MR) is 143 cm³/mol. The zero-order valence-electron chi connectivity index (χ0n) is 23.1. The maximum absolute atomic E-state index is 12.8. The van der Waals surface area contributed by atoms with E-state index in [1.165, 1.54) is 4.90 Å². The Labute approximate surface area is 258 Å². The molecule has 1 atom stereocenters. The average Bonchev–Trinajstić information content (AvgIpc) is 3.69. The number of carbonyl (C=O) groups excluding carboxylic acids is 2. The van der Waals surface area contributed by atoms with Crippen LogP contribution in [0.5, 0.6) is 23.0 Å². The molecule has 8 nitrogen and oxygen atoms in total. The third-order valence-corrected chi connectivity index (χ3v) is 7.74. The molecule has 3 aliphatic heterocycles. The first-order chi connectivity index (χ1) is 20.2. The van der Waals surface area contributed by atoms with Crippen LogP contribution in [0.15, 0.2) is 66.7 Å². The van der Waals surface area contributed by atoms with Gasteiger partial charge in [0.05, 0.1) is 0 Å². The second-order valence-electron chi connectivity index (χ2n) is 10.1. The SMILES string of the molecule is CC(c1ccc2c(c1)OCO2)(c1ccc2c(c1)OCO2)C1CCN(C(=O)OC([C-]=O)C(F)(F)F)CC1.[V+2].[c-]1ccccc1. The van der Waals surface area contributed by atoms with E-state index >= 15 is 0 Å². The summed E-state index contributed by atoms with van der Waals surface area (Å²) in [6, 6.07) is 24.0. The van der Waals surface area contributed by atoms with Crippen molar-refractivity contribution in [2.45, 2.75) is 37.5 Å². The van der Waals surface area contributed by atoms with Crippen molar-refractivity contribution in [2.75, 3.05) is 26.7 Å². The standard InChI is InChI=1S/C25H23F3NO7.C6H5.V/c1-24(16-2-4-18-20(10-16)34-13-32-18,17-3-5-19-21(11-17)35-14-33-19)15-6-8-29(9-7-15)23(31)36-22(12-30)25(26,27)28;1-2-4-6-5-3-1;/h2-5,10-11,15,22H,6-9,13-14H2,1H3;1-5H;/q2*-1;+2. The van der Waals surface area contributed by atoms with Gasteiger partial charge in [-0.15, -0.1) is 0 Å². The number of carbonyl (C=O) groups is 1. The van der Waals surface area contributed by atoms with Crippen LogP contribution in [0.25, 0.3) is 0 Å². The van der Waals surface area contributed by atoms with Gasteiger partial charge in [0.25, 0.3) is 0 Å². The molecule has 0 aromatic heterocycles. The molecular formula is C31H28F3NO7V. The molecule has 6 rings (SSSR count). The molecule has 3 aromatic rings. The third-order valence-electron chi connectivity index (χ3n) is 7.74. The molecule has 1 unspecified atom stereocenters. The van der Waals surface area contributed by atoms with Crippen molar-refractivity contribution in [3.05, 3.63) is 83.9 Å². The number of ether oxygens (including phenoxy) is 5. The van der Waals surface area contributed by atoms with Crippen LogP contribution in [-0.4, -0.2) is 56.2 Å². The van der Waals surface area contributed by atoms with Crippen LogP contribution in [0.1, 0.15) is 30.9 Å². The van der Waals surface area contributed by atoms with Crippen molar-refractivity contribution < 1.29 is 65.0 Å². The van der Waals surface area contributed by atoms with Crippen LogP contribution in [0.2, 0.25) is 0 Å². The molecule has 3 aromatic carbocycles. The second-order valence-corrected chi connectivity index (χ2v) is 10.1. The molecule has 0 N–H and O–H groups in total. The molecule has 0 aliphatic carbocycles. The number of alkyl halides is 3. The van der Waals surface area contributed by atoms with Gasteiger partial charge in [0, 0.05) is 18.5 Å². The molecule has 225 valence electrons. The summed E-state index contributed by atoms with van der Waals surface area (Å²) < 4.78 is 65.0. The number of rotatable bonds is 5. The minimum atomic E-state index is -5.01. The smallest absolute Gasteiger partial charge is 0.538 e. The summed E-state index contributed by atoms with van der Waals surface area (Å²) in [4.78, 5) is 24.2. The quantitative estimate of drug-likeness (QED) is 0.327. The fourth-order valence-electron chi connectivity index (χ4n) is 5.39. The van der Waals surface area contributed by atoms with Crippen molar-refractivity contribution in [3.63, 3.8) is 0 Å². The molecule has 43 heavy (non-hydrogen) atoms. The van der Waals surface area contributed by atoms with Crippen LogP contribution >= 0.6 is 0 Å². The minimum absolute atomic E-state index is 0. The number of likely N-dealkylation sites (tertiary alicyclic amines) is 1. The topological polar surface area (TPSA) is 83.5 Å². The molecular weight excluding hydrogens is 606 g/mol. The first kappa shape index (κ1) is 32.1. The molecule has 1 saturated heterocycles. The van der Waals surface area contributed by atoms with Crippen LogP contribution in [0.4, 0.5) is 18.0 Å². The molecule has 0 spiro atoms. The Morgan fingerprint density at radius 3 is 1.84 bits per heavy atom. The number of hydrogen-bond donors (Lipinski definition) is 0. The number of piperidine rings is 1. The first-order valence-electron chi connectivity index (χ1n) is 13.3. The number of hydrogen-bond acceptors (Lipinski definition) is 7. The van der Waals surface area contributed by atoms with Gasteiger partial charge in [0.1, 0.15) is 6.10 Å². The summed E-state index contributed by atoms with van der Waals surface area (Å²) in [6.45, 7) is 2.69. The summed E-state index contributed by atoms with van der Waals surface area (Å²) in [7, 11) is 0. The molecule has 12 heteroatoms. The Kier molecular flexibility index (Phi) is 10.2. The summed E-state index contributed by atoms with van der Waals surface area (Å²) in [6.07, 6.45) is -7.40. The monoisotopic (exact) mass is 634 g/mol. The van der Waals surface area contributed by atoms with Crippen LogP contribution in [-0.2, 0) is 33.5 Å². The van der Waals surface area contributed by atoms with Crippen molar-refractivity contribution in [2.24, 2.45) is 5.92 Å². The summed E-state index contributed by atoms with van der Waals surface area (Å²) in [5.74, 6) is 2.55.